The van der Waals surface area contributed by atoms with Crippen molar-refractivity contribution in [1.29, 1.82) is 0 Å². The van der Waals surface area contributed by atoms with Crippen LogP contribution in [-0.2, 0) is 6.54 Å². The Morgan fingerprint density at radius 3 is 2.79 bits per heavy atom. The molecule has 98 valence electrons. The van der Waals surface area contributed by atoms with Crippen LogP contribution in [0.4, 0.5) is 4.39 Å². The molecule has 2 nitrogen and oxygen atoms in total. The molecule has 0 spiro atoms. The van der Waals surface area contributed by atoms with E-state index < -0.39 is 5.82 Å². The van der Waals surface area contributed by atoms with Crippen LogP contribution in [0.5, 0.6) is 0 Å². The number of hydrogen-bond donors (Lipinski definition) is 1. The first-order chi connectivity index (χ1) is 9.06. The third-order valence-electron chi connectivity index (χ3n) is 2.71. The first-order valence-electron chi connectivity index (χ1n) is 5.85. The molecule has 0 radical (unpaired) electrons. The Labute approximate surface area is 116 Å². The molecule has 0 bridgehead atoms. The summed E-state index contributed by atoms with van der Waals surface area (Å²) < 4.78 is 13.1. The van der Waals surface area contributed by atoms with Gasteiger partial charge in [0, 0.05) is 6.54 Å². The van der Waals surface area contributed by atoms with E-state index in [-0.39, 0.29) is 16.5 Å². The molecule has 2 rings (SSSR count). The smallest absolute Gasteiger partial charge is 0.253 e. The molecule has 0 aliphatic rings. The van der Waals surface area contributed by atoms with Crippen LogP contribution in [0.3, 0.4) is 0 Å². The standard InChI is InChI=1S/C15H13ClFNO/c1-10-3-2-4-11(7-10)9-18-15(19)13-8-12(17)5-6-14(13)16/h2-8H,9H2,1H3,(H,18,19). The Morgan fingerprint density at radius 2 is 2.05 bits per heavy atom. The van der Waals surface area contributed by atoms with E-state index in [9.17, 15) is 9.18 Å². The van der Waals surface area contributed by atoms with Gasteiger partial charge in [-0.3, -0.25) is 4.79 Å². The fourth-order valence-electron chi connectivity index (χ4n) is 1.77. The van der Waals surface area contributed by atoms with Crippen LogP contribution in [0.1, 0.15) is 21.5 Å². The van der Waals surface area contributed by atoms with Crippen LogP contribution < -0.4 is 5.32 Å². The molecular weight excluding hydrogens is 265 g/mol. The van der Waals surface area contributed by atoms with Crippen molar-refractivity contribution in [2.24, 2.45) is 0 Å². The Hall–Kier alpha value is -1.87. The van der Waals surface area contributed by atoms with E-state index in [1.807, 2.05) is 31.2 Å². The highest BCUT2D eigenvalue weighted by molar-refractivity contribution is 6.33. The maximum atomic E-state index is 13.1. The van der Waals surface area contributed by atoms with Crippen LogP contribution in [-0.4, -0.2) is 5.91 Å². The largest absolute Gasteiger partial charge is 0.348 e. The predicted octanol–water partition coefficient (Wildman–Crippen LogP) is 3.72. The van der Waals surface area contributed by atoms with E-state index in [0.29, 0.717) is 6.54 Å². The van der Waals surface area contributed by atoms with Gasteiger partial charge < -0.3 is 5.32 Å². The van der Waals surface area contributed by atoms with Crippen LogP contribution in [0.25, 0.3) is 0 Å². The monoisotopic (exact) mass is 277 g/mol. The van der Waals surface area contributed by atoms with Crippen molar-refractivity contribution < 1.29 is 9.18 Å². The highest BCUT2D eigenvalue weighted by Crippen LogP contribution is 2.17. The summed E-state index contributed by atoms with van der Waals surface area (Å²) in [7, 11) is 0. The Bertz CT molecular complexity index is 613. The number of aryl methyl sites for hydroxylation is 1. The molecule has 2 aromatic carbocycles. The molecule has 19 heavy (non-hydrogen) atoms. The molecule has 2 aromatic rings. The highest BCUT2D eigenvalue weighted by Gasteiger charge is 2.11. The van der Waals surface area contributed by atoms with Crippen LogP contribution in [0, 0.1) is 12.7 Å². The molecule has 1 amide bonds. The zero-order valence-electron chi connectivity index (χ0n) is 10.4. The van der Waals surface area contributed by atoms with Crippen molar-refractivity contribution in [3.63, 3.8) is 0 Å². The highest BCUT2D eigenvalue weighted by atomic mass is 35.5. The van der Waals surface area contributed by atoms with E-state index >= 15 is 0 Å². The number of halogens is 2. The molecule has 0 fully saturated rings. The second-order valence-corrected chi connectivity index (χ2v) is 4.70. The van der Waals surface area contributed by atoms with E-state index in [1.54, 1.807) is 0 Å². The van der Waals surface area contributed by atoms with Gasteiger partial charge >= 0.3 is 0 Å². The van der Waals surface area contributed by atoms with Gasteiger partial charge in [0.05, 0.1) is 10.6 Å². The number of amides is 1. The number of hydrogen-bond acceptors (Lipinski definition) is 1. The van der Waals surface area contributed by atoms with Gasteiger partial charge in [0.25, 0.3) is 5.91 Å². The van der Waals surface area contributed by atoms with Crippen LogP contribution >= 0.6 is 11.6 Å². The summed E-state index contributed by atoms with van der Waals surface area (Å²) in [6.07, 6.45) is 0. The zero-order valence-corrected chi connectivity index (χ0v) is 11.2. The summed E-state index contributed by atoms with van der Waals surface area (Å²) >= 11 is 5.87. The second kappa shape index (κ2) is 5.85. The Kier molecular flexibility index (Phi) is 4.17. The lowest BCUT2D eigenvalue weighted by Crippen LogP contribution is -2.23. The van der Waals surface area contributed by atoms with Crippen molar-refractivity contribution in [3.8, 4) is 0 Å². The first kappa shape index (κ1) is 13.6. The van der Waals surface area contributed by atoms with Crippen molar-refractivity contribution in [3.05, 3.63) is 70.0 Å². The Morgan fingerprint density at radius 1 is 1.26 bits per heavy atom. The van der Waals surface area contributed by atoms with Gasteiger partial charge in [-0.1, -0.05) is 41.4 Å². The summed E-state index contributed by atoms with van der Waals surface area (Å²) in [5, 5.41) is 2.96. The quantitative estimate of drug-likeness (QED) is 0.910. The number of carbonyl (C=O) groups excluding carboxylic acids is 1. The molecule has 0 aromatic heterocycles. The minimum atomic E-state index is -0.481. The summed E-state index contributed by atoms with van der Waals surface area (Å²) in [6.45, 7) is 2.36. The summed E-state index contributed by atoms with van der Waals surface area (Å²) in [5.74, 6) is -0.865. The molecule has 0 aliphatic carbocycles. The SMILES string of the molecule is Cc1cccc(CNC(=O)c2cc(F)ccc2Cl)c1. The summed E-state index contributed by atoms with van der Waals surface area (Å²) in [5.41, 5.74) is 2.26. The topological polar surface area (TPSA) is 29.1 Å². The minimum Gasteiger partial charge on any atom is -0.348 e. The van der Waals surface area contributed by atoms with E-state index in [4.69, 9.17) is 11.6 Å². The average molecular weight is 278 g/mol. The van der Waals surface area contributed by atoms with Crippen molar-refractivity contribution >= 4 is 17.5 Å². The van der Waals surface area contributed by atoms with Gasteiger partial charge in [-0.25, -0.2) is 4.39 Å². The van der Waals surface area contributed by atoms with Crippen molar-refractivity contribution in [1.82, 2.24) is 5.32 Å². The van der Waals surface area contributed by atoms with Gasteiger partial charge in [-0.15, -0.1) is 0 Å². The summed E-state index contributed by atoms with van der Waals surface area (Å²) in [4.78, 5) is 11.9. The third-order valence-corrected chi connectivity index (χ3v) is 3.04. The fraction of sp³-hybridized carbons (Fsp3) is 0.133. The first-order valence-corrected chi connectivity index (χ1v) is 6.23. The number of carbonyl (C=O) groups is 1. The Balaban J connectivity index is 2.07. The molecule has 4 heteroatoms. The maximum absolute atomic E-state index is 13.1. The van der Waals surface area contributed by atoms with Gasteiger partial charge in [0.1, 0.15) is 5.82 Å². The van der Waals surface area contributed by atoms with Gasteiger partial charge in [0.15, 0.2) is 0 Å². The lowest BCUT2D eigenvalue weighted by molar-refractivity contribution is 0.0950. The van der Waals surface area contributed by atoms with E-state index in [2.05, 4.69) is 5.32 Å². The molecule has 0 aliphatic heterocycles. The number of rotatable bonds is 3. The second-order valence-electron chi connectivity index (χ2n) is 4.30. The third kappa shape index (κ3) is 3.55. The van der Waals surface area contributed by atoms with E-state index in [1.165, 1.54) is 12.1 Å². The average Bonchev–Trinajstić information content (AvgIpc) is 2.39. The van der Waals surface area contributed by atoms with Gasteiger partial charge in [-0.05, 0) is 30.7 Å². The lowest BCUT2D eigenvalue weighted by Gasteiger charge is -2.07. The van der Waals surface area contributed by atoms with E-state index in [0.717, 1.165) is 17.2 Å². The van der Waals surface area contributed by atoms with Crippen molar-refractivity contribution in [2.45, 2.75) is 13.5 Å². The minimum absolute atomic E-state index is 0.148. The molecule has 1 N–H and O–H groups in total. The van der Waals surface area contributed by atoms with Crippen LogP contribution in [0.15, 0.2) is 42.5 Å². The predicted molar refractivity (Wildman–Crippen MR) is 73.8 cm³/mol. The molecule has 0 saturated heterocycles. The summed E-state index contributed by atoms with van der Waals surface area (Å²) in [6, 6.07) is 11.5. The number of benzene rings is 2. The van der Waals surface area contributed by atoms with Gasteiger partial charge in [-0.2, -0.15) is 0 Å². The molecule has 0 heterocycles. The molecule has 0 unspecified atom stereocenters. The molecular formula is C15H13ClFNO. The lowest BCUT2D eigenvalue weighted by atomic mass is 10.1. The normalized spacial score (nSPS) is 10.3. The maximum Gasteiger partial charge on any atom is 0.253 e. The molecule has 0 atom stereocenters. The number of nitrogens with one attached hydrogen (secondary N) is 1. The van der Waals surface area contributed by atoms with Crippen molar-refractivity contribution in [2.75, 3.05) is 0 Å². The fourth-order valence-corrected chi connectivity index (χ4v) is 1.97. The van der Waals surface area contributed by atoms with Crippen LogP contribution in [0.2, 0.25) is 5.02 Å². The molecule has 0 saturated carbocycles. The van der Waals surface area contributed by atoms with Gasteiger partial charge in [0.2, 0.25) is 0 Å². The zero-order chi connectivity index (χ0) is 13.8.